The van der Waals surface area contributed by atoms with E-state index in [0.717, 1.165) is 11.1 Å². The van der Waals surface area contributed by atoms with Crippen LogP contribution in [0.1, 0.15) is 59.8 Å². The Hall–Kier alpha value is -4.97. The van der Waals surface area contributed by atoms with Gasteiger partial charge in [0.2, 0.25) is 5.88 Å². The summed E-state index contributed by atoms with van der Waals surface area (Å²) < 4.78 is 16.0. The van der Waals surface area contributed by atoms with E-state index in [4.69, 9.17) is 24.0 Å². The molecular formula is C32H40N2O10. The van der Waals surface area contributed by atoms with Crippen molar-refractivity contribution in [3.05, 3.63) is 95.6 Å². The van der Waals surface area contributed by atoms with Gasteiger partial charge in [-0.3, -0.25) is 4.79 Å². The van der Waals surface area contributed by atoms with Crippen molar-refractivity contribution in [1.29, 1.82) is 0 Å². The highest BCUT2D eigenvalue weighted by Gasteiger charge is 2.32. The molecule has 0 amide bonds. The molecule has 3 rings (SSSR count). The molecule has 12 nitrogen and oxygen atoms in total. The minimum absolute atomic E-state index is 0.0641. The van der Waals surface area contributed by atoms with Crippen LogP contribution in [0.25, 0.3) is 0 Å². The van der Waals surface area contributed by atoms with E-state index >= 15 is 0 Å². The lowest BCUT2D eigenvalue weighted by molar-refractivity contribution is -0.274. The lowest BCUT2D eigenvalue weighted by atomic mass is 10.2. The fraction of sp³-hybridized carbons (Fsp3) is 0.344. The number of aromatic hydroxyl groups is 2. The summed E-state index contributed by atoms with van der Waals surface area (Å²) in [5, 5.41) is 20.2. The van der Waals surface area contributed by atoms with Crippen molar-refractivity contribution in [3.8, 4) is 11.5 Å². The molecule has 0 saturated heterocycles. The maximum atomic E-state index is 12.2. The van der Waals surface area contributed by atoms with E-state index < -0.39 is 23.4 Å². The van der Waals surface area contributed by atoms with Crippen LogP contribution in [0.15, 0.2) is 73.1 Å². The van der Waals surface area contributed by atoms with Crippen molar-refractivity contribution in [2.45, 2.75) is 40.8 Å². The van der Waals surface area contributed by atoms with Crippen LogP contribution in [-0.2, 0) is 41.9 Å². The largest absolute Gasteiger partial charge is 0.503 e. The number of carbonyl (C=O) groups is 3. The van der Waals surface area contributed by atoms with Gasteiger partial charge in [-0.25, -0.2) is 9.59 Å². The maximum Gasteiger partial charge on any atom is 0.359 e. The summed E-state index contributed by atoms with van der Waals surface area (Å²) in [6, 6.07) is 18.7. The molecule has 0 aliphatic heterocycles. The van der Waals surface area contributed by atoms with E-state index in [9.17, 15) is 24.6 Å². The number of ether oxygens (including phenoxy) is 3. The van der Waals surface area contributed by atoms with Gasteiger partial charge in [0.1, 0.15) is 6.54 Å². The lowest BCUT2D eigenvalue weighted by Crippen LogP contribution is -2.31. The number of rotatable bonds is 15. The first-order valence-electron chi connectivity index (χ1n) is 14.1. The van der Waals surface area contributed by atoms with Crippen LogP contribution in [0.2, 0.25) is 0 Å². The molecule has 2 aromatic carbocycles. The molecule has 44 heavy (non-hydrogen) atoms. The van der Waals surface area contributed by atoms with Crippen LogP contribution in [0.3, 0.4) is 0 Å². The smallest absolute Gasteiger partial charge is 0.359 e. The van der Waals surface area contributed by atoms with Crippen molar-refractivity contribution in [3.63, 3.8) is 0 Å². The van der Waals surface area contributed by atoms with Gasteiger partial charge in [0.25, 0.3) is 0 Å². The van der Waals surface area contributed by atoms with E-state index in [0.29, 0.717) is 19.8 Å². The summed E-state index contributed by atoms with van der Waals surface area (Å²) in [7, 11) is 0. The van der Waals surface area contributed by atoms with Gasteiger partial charge < -0.3 is 38.8 Å². The fourth-order valence-corrected chi connectivity index (χ4v) is 3.91. The Labute approximate surface area is 256 Å². The number of esters is 3. The van der Waals surface area contributed by atoms with E-state index in [1.165, 1.54) is 4.57 Å². The molecule has 1 aromatic heterocycles. The number of hydrogen-bond donors (Lipinski definition) is 2. The quantitative estimate of drug-likeness (QED) is 0.0803. The van der Waals surface area contributed by atoms with Gasteiger partial charge in [0.15, 0.2) is 22.9 Å². The third kappa shape index (κ3) is 10.4. The Morgan fingerprint density at radius 1 is 0.727 bits per heavy atom. The molecule has 0 saturated carbocycles. The Morgan fingerprint density at radius 2 is 1.20 bits per heavy atom. The molecule has 0 spiro atoms. The third-order valence-electron chi connectivity index (χ3n) is 5.80. The van der Waals surface area contributed by atoms with Crippen LogP contribution in [0.4, 0.5) is 0 Å². The van der Waals surface area contributed by atoms with E-state index in [1.54, 1.807) is 56.9 Å². The second kappa shape index (κ2) is 18.5. The fourth-order valence-electron chi connectivity index (χ4n) is 3.91. The molecular weight excluding hydrogens is 572 g/mol. The molecule has 238 valence electrons. The number of aromatic nitrogens is 1. The molecule has 3 aromatic rings. The molecule has 1 heterocycles. The molecule has 0 radical (unpaired) electrons. The van der Waals surface area contributed by atoms with Crippen LogP contribution in [0, 0.1) is 0 Å². The van der Waals surface area contributed by atoms with Gasteiger partial charge in [-0.2, -0.15) is 4.89 Å². The van der Waals surface area contributed by atoms with Crippen molar-refractivity contribution < 1.29 is 48.6 Å². The average Bonchev–Trinajstić information content (AvgIpc) is 3.26. The molecule has 0 fully saturated rings. The number of carbonyl (C=O) groups excluding carboxylic acids is 3. The van der Waals surface area contributed by atoms with Gasteiger partial charge in [-0.05, 0) is 45.4 Å². The highest BCUT2D eigenvalue weighted by atomic mass is 17.2. The normalized spacial score (nSPS) is 10.2. The van der Waals surface area contributed by atoms with Gasteiger partial charge in [-0.15, -0.1) is 0 Å². The first-order valence-corrected chi connectivity index (χ1v) is 14.1. The minimum Gasteiger partial charge on any atom is -0.503 e. The van der Waals surface area contributed by atoms with Crippen LogP contribution >= 0.6 is 0 Å². The first-order chi connectivity index (χ1) is 21.2. The Bertz CT molecular complexity index is 1310. The molecule has 0 unspecified atom stereocenters. The molecule has 12 heteroatoms. The third-order valence-corrected chi connectivity index (χ3v) is 5.80. The van der Waals surface area contributed by atoms with Crippen molar-refractivity contribution >= 4 is 17.9 Å². The molecule has 0 aliphatic carbocycles. The Morgan fingerprint density at radius 3 is 1.66 bits per heavy atom. The van der Waals surface area contributed by atoms with Gasteiger partial charge >= 0.3 is 17.9 Å². The molecule has 2 N–H and O–H groups in total. The molecule has 0 atom stereocenters. The van der Waals surface area contributed by atoms with Crippen LogP contribution in [-0.4, -0.2) is 70.6 Å². The summed E-state index contributed by atoms with van der Waals surface area (Å²) in [5.41, 5.74) is 1.23. The summed E-state index contributed by atoms with van der Waals surface area (Å²) in [5.74, 6) is -3.12. The second-order valence-corrected chi connectivity index (χ2v) is 8.94. The summed E-state index contributed by atoms with van der Waals surface area (Å²) in [6.45, 7) is 12.1. The van der Waals surface area contributed by atoms with Crippen LogP contribution in [0.5, 0.6) is 11.5 Å². The van der Waals surface area contributed by atoms with E-state index in [1.807, 2.05) is 36.4 Å². The van der Waals surface area contributed by atoms with Crippen LogP contribution < -0.4 is 0 Å². The standard InChI is InChI=1S/C17H19NO6.C15H21NO4/c1-3-23-16(21)12-14(19)15(20)13(17(22)24-4-2)18(12)10-11-8-6-5-7-9-11;1-4-18-15(17)12-16(13(3)20-19-5-2)11-14-9-7-6-8-10-14/h5-9,19-20H,3-4,10H2,1-2H3;6-10H,3-5,11-12H2,1-2H3. The average molecular weight is 613 g/mol. The topological polar surface area (TPSA) is 146 Å². The summed E-state index contributed by atoms with van der Waals surface area (Å²) in [6.07, 6.45) is 0. The second-order valence-electron chi connectivity index (χ2n) is 8.94. The zero-order valence-electron chi connectivity index (χ0n) is 25.5. The number of nitrogens with zero attached hydrogens (tertiary/aromatic N) is 2. The minimum atomic E-state index is -0.836. The monoisotopic (exact) mass is 612 g/mol. The van der Waals surface area contributed by atoms with Crippen molar-refractivity contribution in [2.75, 3.05) is 33.0 Å². The molecule has 0 bridgehead atoms. The van der Waals surface area contributed by atoms with E-state index in [-0.39, 0.29) is 49.5 Å². The lowest BCUT2D eigenvalue weighted by Gasteiger charge is -2.24. The number of hydrogen-bond acceptors (Lipinski definition) is 11. The number of benzene rings is 2. The summed E-state index contributed by atoms with van der Waals surface area (Å²) in [4.78, 5) is 47.5. The van der Waals surface area contributed by atoms with Crippen molar-refractivity contribution in [1.82, 2.24) is 9.47 Å². The Balaban J connectivity index is 0.000000312. The predicted molar refractivity (Wildman–Crippen MR) is 161 cm³/mol. The Kier molecular flexibility index (Phi) is 14.8. The predicted octanol–water partition coefficient (Wildman–Crippen LogP) is 4.79. The first kappa shape index (κ1) is 35.2. The molecule has 0 aliphatic rings. The maximum absolute atomic E-state index is 12.2. The van der Waals surface area contributed by atoms with Gasteiger partial charge in [0, 0.05) is 13.1 Å². The zero-order valence-corrected chi connectivity index (χ0v) is 25.5. The highest BCUT2D eigenvalue weighted by molar-refractivity contribution is 5.99. The SMILES string of the molecule is C=C(OOCC)N(CC(=O)OCC)Cc1ccccc1.CCOC(=O)c1c(O)c(O)c(C(=O)OCC)n1Cc1ccccc1. The summed E-state index contributed by atoms with van der Waals surface area (Å²) >= 11 is 0. The van der Waals surface area contributed by atoms with Crippen molar-refractivity contribution in [2.24, 2.45) is 0 Å². The van der Waals surface area contributed by atoms with E-state index in [2.05, 4.69) is 6.58 Å². The van der Waals surface area contributed by atoms with Gasteiger partial charge in [0.05, 0.1) is 26.4 Å². The highest BCUT2D eigenvalue weighted by Crippen LogP contribution is 2.37. The zero-order chi connectivity index (χ0) is 32.5. The van der Waals surface area contributed by atoms with Gasteiger partial charge in [-0.1, -0.05) is 60.7 Å².